The SMILES string of the molecule is OC1CCCCCC1NCc1ccncc1Cl. The van der Waals surface area contributed by atoms with Gasteiger partial charge in [-0.15, -0.1) is 0 Å². The number of hydrogen-bond donors (Lipinski definition) is 2. The molecule has 3 nitrogen and oxygen atoms in total. The van der Waals surface area contributed by atoms with Crippen LogP contribution in [0.4, 0.5) is 0 Å². The molecule has 0 aliphatic heterocycles. The van der Waals surface area contributed by atoms with Gasteiger partial charge >= 0.3 is 0 Å². The van der Waals surface area contributed by atoms with Crippen LogP contribution in [-0.2, 0) is 6.54 Å². The molecular weight excluding hydrogens is 236 g/mol. The smallest absolute Gasteiger partial charge is 0.0693 e. The van der Waals surface area contributed by atoms with Crippen LogP contribution in [0.15, 0.2) is 18.5 Å². The van der Waals surface area contributed by atoms with E-state index in [0.717, 1.165) is 24.8 Å². The molecule has 1 saturated carbocycles. The van der Waals surface area contributed by atoms with Crippen molar-refractivity contribution in [1.29, 1.82) is 0 Å². The number of rotatable bonds is 3. The van der Waals surface area contributed by atoms with E-state index < -0.39 is 0 Å². The second-order valence-corrected chi connectivity index (χ2v) is 5.07. The van der Waals surface area contributed by atoms with E-state index in [1.54, 1.807) is 12.4 Å². The standard InChI is InChI=1S/C13H19ClN2O/c14-11-9-15-7-6-10(11)8-16-12-4-2-1-3-5-13(12)17/h6-7,9,12-13,16-17H,1-5,8H2. The summed E-state index contributed by atoms with van der Waals surface area (Å²) in [6.45, 7) is 0.698. The van der Waals surface area contributed by atoms with Gasteiger partial charge in [0, 0.05) is 25.0 Å². The molecule has 1 heterocycles. The topological polar surface area (TPSA) is 45.1 Å². The fraction of sp³-hybridized carbons (Fsp3) is 0.615. The van der Waals surface area contributed by atoms with Gasteiger partial charge in [0.1, 0.15) is 0 Å². The van der Waals surface area contributed by atoms with E-state index in [0.29, 0.717) is 11.6 Å². The molecule has 1 aliphatic carbocycles. The van der Waals surface area contributed by atoms with E-state index in [2.05, 4.69) is 10.3 Å². The summed E-state index contributed by atoms with van der Waals surface area (Å²) in [6, 6.07) is 2.11. The van der Waals surface area contributed by atoms with E-state index in [4.69, 9.17) is 11.6 Å². The molecule has 0 saturated heterocycles. The summed E-state index contributed by atoms with van der Waals surface area (Å²) >= 11 is 6.05. The van der Waals surface area contributed by atoms with Crippen LogP contribution in [0.5, 0.6) is 0 Å². The highest BCUT2D eigenvalue weighted by molar-refractivity contribution is 6.31. The maximum absolute atomic E-state index is 9.99. The number of nitrogens with zero attached hydrogens (tertiary/aromatic N) is 1. The average molecular weight is 255 g/mol. The molecule has 0 amide bonds. The Hall–Kier alpha value is -0.640. The summed E-state index contributed by atoms with van der Waals surface area (Å²) in [5.41, 5.74) is 1.04. The first-order valence-corrected chi connectivity index (χ1v) is 6.65. The normalized spacial score (nSPS) is 25.5. The third kappa shape index (κ3) is 3.66. The van der Waals surface area contributed by atoms with E-state index in [9.17, 15) is 5.11 Å². The van der Waals surface area contributed by atoms with Gasteiger partial charge in [-0.05, 0) is 24.5 Å². The molecule has 4 heteroatoms. The summed E-state index contributed by atoms with van der Waals surface area (Å²) < 4.78 is 0. The molecule has 94 valence electrons. The number of hydrogen-bond acceptors (Lipinski definition) is 3. The highest BCUT2D eigenvalue weighted by Crippen LogP contribution is 2.19. The molecule has 1 aromatic heterocycles. The zero-order valence-corrected chi connectivity index (χ0v) is 10.7. The lowest BCUT2D eigenvalue weighted by Crippen LogP contribution is -2.38. The van der Waals surface area contributed by atoms with Crippen molar-refractivity contribution < 1.29 is 5.11 Å². The van der Waals surface area contributed by atoms with Crippen LogP contribution in [0, 0.1) is 0 Å². The van der Waals surface area contributed by atoms with Crippen LogP contribution in [0.25, 0.3) is 0 Å². The van der Waals surface area contributed by atoms with Gasteiger partial charge < -0.3 is 10.4 Å². The molecule has 1 aromatic rings. The molecule has 0 spiro atoms. The fourth-order valence-corrected chi connectivity index (χ4v) is 2.50. The Morgan fingerprint density at radius 2 is 2.18 bits per heavy atom. The Morgan fingerprint density at radius 1 is 1.35 bits per heavy atom. The number of halogens is 1. The maximum Gasteiger partial charge on any atom is 0.0693 e. The van der Waals surface area contributed by atoms with Crippen molar-refractivity contribution in [2.24, 2.45) is 0 Å². The zero-order valence-electron chi connectivity index (χ0n) is 9.90. The van der Waals surface area contributed by atoms with Crippen molar-refractivity contribution in [1.82, 2.24) is 10.3 Å². The Bertz CT molecular complexity index is 359. The number of aromatic nitrogens is 1. The zero-order chi connectivity index (χ0) is 12.1. The lowest BCUT2D eigenvalue weighted by Gasteiger charge is -2.22. The number of pyridine rings is 1. The van der Waals surface area contributed by atoms with Crippen LogP contribution in [0.3, 0.4) is 0 Å². The minimum atomic E-state index is -0.224. The highest BCUT2D eigenvalue weighted by atomic mass is 35.5. The van der Waals surface area contributed by atoms with Crippen molar-refractivity contribution in [3.63, 3.8) is 0 Å². The largest absolute Gasteiger partial charge is 0.392 e. The Kier molecular flexibility index (Phi) is 4.77. The predicted molar refractivity (Wildman–Crippen MR) is 69.0 cm³/mol. The summed E-state index contributed by atoms with van der Waals surface area (Å²) in [5.74, 6) is 0. The first-order chi connectivity index (χ1) is 8.27. The quantitative estimate of drug-likeness (QED) is 0.815. The van der Waals surface area contributed by atoms with Crippen molar-refractivity contribution in [2.45, 2.75) is 50.8 Å². The molecule has 0 aromatic carbocycles. The van der Waals surface area contributed by atoms with Crippen LogP contribution in [0.1, 0.15) is 37.7 Å². The van der Waals surface area contributed by atoms with Crippen molar-refractivity contribution in [3.8, 4) is 0 Å². The van der Waals surface area contributed by atoms with Gasteiger partial charge in [-0.2, -0.15) is 0 Å². The van der Waals surface area contributed by atoms with E-state index in [-0.39, 0.29) is 12.1 Å². The predicted octanol–water partition coefficient (Wildman–Crippen LogP) is 2.52. The summed E-state index contributed by atoms with van der Waals surface area (Å²) in [4.78, 5) is 3.96. The Balaban J connectivity index is 1.90. The van der Waals surface area contributed by atoms with Crippen molar-refractivity contribution in [3.05, 3.63) is 29.0 Å². The second-order valence-electron chi connectivity index (χ2n) is 4.66. The molecule has 0 bridgehead atoms. The first-order valence-electron chi connectivity index (χ1n) is 6.27. The van der Waals surface area contributed by atoms with Gasteiger partial charge in [0.05, 0.1) is 11.1 Å². The Morgan fingerprint density at radius 3 is 3.00 bits per heavy atom. The van der Waals surface area contributed by atoms with Gasteiger partial charge in [0.15, 0.2) is 0 Å². The molecule has 1 fully saturated rings. The van der Waals surface area contributed by atoms with Gasteiger partial charge in [0.25, 0.3) is 0 Å². The number of aliphatic hydroxyl groups excluding tert-OH is 1. The molecule has 2 rings (SSSR count). The van der Waals surface area contributed by atoms with Crippen LogP contribution in [0.2, 0.25) is 5.02 Å². The average Bonchev–Trinajstić information content (AvgIpc) is 2.53. The summed E-state index contributed by atoms with van der Waals surface area (Å²) in [6.07, 6.45) is 8.68. The monoisotopic (exact) mass is 254 g/mol. The minimum absolute atomic E-state index is 0.196. The highest BCUT2D eigenvalue weighted by Gasteiger charge is 2.20. The molecule has 1 aliphatic rings. The molecule has 2 N–H and O–H groups in total. The van der Waals surface area contributed by atoms with E-state index in [1.807, 2.05) is 6.07 Å². The number of aliphatic hydroxyl groups is 1. The van der Waals surface area contributed by atoms with Crippen molar-refractivity contribution >= 4 is 11.6 Å². The fourth-order valence-electron chi connectivity index (χ4n) is 2.31. The third-order valence-electron chi connectivity index (χ3n) is 3.39. The maximum atomic E-state index is 9.99. The first kappa shape index (κ1) is 12.8. The van der Waals surface area contributed by atoms with Gasteiger partial charge in [-0.3, -0.25) is 4.98 Å². The molecule has 2 atom stereocenters. The van der Waals surface area contributed by atoms with Gasteiger partial charge in [0.2, 0.25) is 0 Å². The molecule has 0 radical (unpaired) electrons. The minimum Gasteiger partial charge on any atom is -0.392 e. The van der Waals surface area contributed by atoms with Crippen LogP contribution in [-0.4, -0.2) is 22.2 Å². The molecular formula is C13H19ClN2O. The van der Waals surface area contributed by atoms with E-state index >= 15 is 0 Å². The summed E-state index contributed by atoms with van der Waals surface area (Å²) in [5, 5.41) is 14.1. The Labute approximate surface area is 107 Å². The second kappa shape index (κ2) is 6.34. The van der Waals surface area contributed by atoms with Gasteiger partial charge in [-0.1, -0.05) is 30.9 Å². The lowest BCUT2D eigenvalue weighted by molar-refractivity contribution is 0.119. The lowest BCUT2D eigenvalue weighted by atomic mass is 10.1. The van der Waals surface area contributed by atoms with E-state index in [1.165, 1.54) is 12.8 Å². The molecule has 17 heavy (non-hydrogen) atoms. The molecule has 2 unspecified atom stereocenters. The van der Waals surface area contributed by atoms with Crippen molar-refractivity contribution in [2.75, 3.05) is 0 Å². The summed E-state index contributed by atoms with van der Waals surface area (Å²) in [7, 11) is 0. The van der Waals surface area contributed by atoms with Crippen LogP contribution < -0.4 is 5.32 Å². The van der Waals surface area contributed by atoms with Crippen LogP contribution >= 0.6 is 11.6 Å². The third-order valence-corrected chi connectivity index (χ3v) is 3.73. The number of nitrogens with one attached hydrogen (secondary N) is 1. The van der Waals surface area contributed by atoms with Gasteiger partial charge in [-0.25, -0.2) is 0 Å².